The van der Waals surface area contributed by atoms with E-state index in [1.54, 1.807) is 6.20 Å². The normalized spacial score (nSPS) is 16.2. The van der Waals surface area contributed by atoms with Crippen molar-refractivity contribution in [2.75, 3.05) is 46.3 Å². The fourth-order valence-corrected chi connectivity index (χ4v) is 2.84. The number of carbonyl (C=O) groups excluding carboxylic acids is 1. The molecule has 2 heterocycles. The van der Waals surface area contributed by atoms with Crippen LogP contribution >= 0.6 is 0 Å². The lowest BCUT2D eigenvalue weighted by Crippen LogP contribution is -2.45. The van der Waals surface area contributed by atoms with Crippen molar-refractivity contribution in [3.05, 3.63) is 42.3 Å². The molecule has 24 heavy (non-hydrogen) atoms. The summed E-state index contributed by atoms with van der Waals surface area (Å²) in [5.41, 5.74) is 1.44. The molecule has 0 spiro atoms. The molecule has 0 unspecified atom stereocenters. The molecule has 0 aliphatic carbocycles. The van der Waals surface area contributed by atoms with Crippen molar-refractivity contribution >= 4 is 5.91 Å². The average molecular weight is 328 g/mol. The number of nitrogens with one attached hydrogen (secondary N) is 1. The Morgan fingerprint density at radius 3 is 2.88 bits per heavy atom. The Bertz CT molecular complexity index is 649. The molecule has 6 nitrogen and oxygen atoms in total. The summed E-state index contributed by atoms with van der Waals surface area (Å²) < 4.78 is 5.28. The van der Waals surface area contributed by atoms with Gasteiger partial charge in [-0.15, -0.1) is 0 Å². The zero-order valence-corrected chi connectivity index (χ0v) is 14.1. The fraction of sp³-hybridized carbons (Fsp3) is 0.444. The van der Waals surface area contributed by atoms with Crippen LogP contribution in [0.3, 0.4) is 0 Å². The molecular weight excluding hydrogens is 304 g/mol. The summed E-state index contributed by atoms with van der Waals surface area (Å²) in [6.45, 7) is 6.20. The number of amides is 1. The SMILES string of the molecule is CN1CCN(CCCNC(=O)c2cccc(-c3ncco3)c2)CC1. The van der Waals surface area contributed by atoms with Gasteiger partial charge in [-0.3, -0.25) is 4.79 Å². The topological polar surface area (TPSA) is 61.6 Å². The van der Waals surface area contributed by atoms with Crippen molar-refractivity contribution in [2.24, 2.45) is 0 Å². The molecule has 1 saturated heterocycles. The lowest BCUT2D eigenvalue weighted by atomic mass is 10.1. The molecule has 0 bridgehead atoms. The van der Waals surface area contributed by atoms with E-state index in [9.17, 15) is 4.79 Å². The van der Waals surface area contributed by atoms with Crippen LogP contribution in [0.1, 0.15) is 16.8 Å². The second kappa shape index (κ2) is 8.08. The molecule has 0 atom stereocenters. The van der Waals surface area contributed by atoms with E-state index in [4.69, 9.17) is 4.42 Å². The molecule has 1 N–H and O–H groups in total. The number of benzene rings is 1. The Labute approximate surface area is 142 Å². The first-order valence-corrected chi connectivity index (χ1v) is 8.41. The minimum absolute atomic E-state index is 0.0539. The maximum absolute atomic E-state index is 12.3. The van der Waals surface area contributed by atoms with Gasteiger partial charge in [-0.2, -0.15) is 0 Å². The van der Waals surface area contributed by atoms with Gasteiger partial charge in [-0.05, 0) is 38.2 Å². The summed E-state index contributed by atoms with van der Waals surface area (Å²) in [5.74, 6) is 0.474. The molecule has 1 aliphatic heterocycles. The summed E-state index contributed by atoms with van der Waals surface area (Å²) in [4.78, 5) is 21.2. The molecule has 1 fully saturated rings. The molecule has 1 aromatic heterocycles. The number of nitrogens with zero attached hydrogens (tertiary/aromatic N) is 3. The first-order chi connectivity index (χ1) is 11.7. The summed E-state index contributed by atoms with van der Waals surface area (Å²) in [5, 5.41) is 2.99. The van der Waals surface area contributed by atoms with Crippen molar-refractivity contribution in [2.45, 2.75) is 6.42 Å². The van der Waals surface area contributed by atoms with Crippen molar-refractivity contribution in [1.82, 2.24) is 20.1 Å². The maximum atomic E-state index is 12.3. The highest BCUT2D eigenvalue weighted by Gasteiger charge is 2.13. The zero-order chi connectivity index (χ0) is 16.8. The second-order valence-electron chi connectivity index (χ2n) is 6.17. The molecule has 1 aliphatic rings. The van der Waals surface area contributed by atoms with E-state index in [0.29, 0.717) is 18.0 Å². The Balaban J connectivity index is 1.44. The minimum Gasteiger partial charge on any atom is -0.445 e. The lowest BCUT2D eigenvalue weighted by molar-refractivity contribution is 0.0949. The molecule has 0 radical (unpaired) electrons. The molecule has 1 aromatic carbocycles. The first-order valence-electron chi connectivity index (χ1n) is 8.41. The summed E-state index contributed by atoms with van der Waals surface area (Å²) >= 11 is 0. The predicted octanol–water partition coefficient (Wildman–Crippen LogP) is 1.71. The van der Waals surface area contributed by atoms with Crippen LogP contribution in [0.4, 0.5) is 0 Å². The Kier molecular flexibility index (Phi) is 5.61. The number of aromatic nitrogens is 1. The van der Waals surface area contributed by atoms with Crippen molar-refractivity contribution in [1.29, 1.82) is 0 Å². The van der Waals surface area contributed by atoms with Crippen molar-refractivity contribution in [3.8, 4) is 11.5 Å². The zero-order valence-electron chi connectivity index (χ0n) is 14.1. The second-order valence-corrected chi connectivity index (χ2v) is 6.17. The summed E-state index contributed by atoms with van der Waals surface area (Å²) in [7, 11) is 2.16. The van der Waals surface area contributed by atoms with E-state index < -0.39 is 0 Å². The Morgan fingerprint density at radius 2 is 2.12 bits per heavy atom. The van der Waals surface area contributed by atoms with Crippen LogP contribution in [-0.4, -0.2) is 67.0 Å². The van der Waals surface area contributed by atoms with E-state index in [1.165, 1.54) is 6.26 Å². The van der Waals surface area contributed by atoms with E-state index in [0.717, 1.165) is 44.7 Å². The predicted molar refractivity (Wildman–Crippen MR) is 92.8 cm³/mol. The third kappa shape index (κ3) is 4.43. The highest BCUT2D eigenvalue weighted by Crippen LogP contribution is 2.18. The molecule has 128 valence electrons. The molecule has 2 aromatic rings. The fourth-order valence-electron chi connectivity index (χ4n) is 2.84. The lowest BCUT2D eigenvalue weighted by Gasteiger charge is -2.32. The average Bonchev–Trinajstić information content (AvgIpc) is 3.15. The van der Waals surface area contributed by atoms with Crippen molar-refractivity contribution in [3.63, 3.8) is 0 Å². The summed E-state index contributed by atoms with van der Waals surface area (Å²) in [6.07, 6.45) is 4.09. The van der Waals surface area contributed by atoms with E-state index in [2.05, 4.69) is 27.1 Å². The van der Waals surface area contributed by atoms with Crippen LogP contribution in [0.5, 0.6) is 0 Å². The van der Waals surface area contributed by atoms with Gasteiger partial charge < -0.3 is 19.5 Å². The van der Waals surface area contributed by atoms with E-state index in [-0.39, 0.29) is 5.91 Å². The largest absolute Gasteiger partial charge is 0.445 e. The van der Waals surface area contributed by atoms with Gasteiger partial charge in [0.25, 0.3) is 5.91 Å². The Morgan fingerprint density at radius 1 is 1.29 bits per heavy atom. The molecule has 1 amide bonds. The number of piperazine rings is 1. The van der Waals surface area contributed by atoms with Crippen LogP contribution < -0.4 is 5.32 Å². The number of rotatable bonds is 6. The van der Waals surface area contributed by atoms with Gasteiger partial charge in [0.15, 0.2) is 0 Å². The van der Waals surface area contributed by atoms with Gasteiger partial charge in [0, 0.05) is 43.9 Å². The quantitative estimate of drug-likeness (QED) is 0.818. The Hall–Kier alpha value is -2.18. The number of oxazole rings is 1. The number of hydrogen-bond acceptors (Lipinski definition) is 5. The van der Waals surface area contributed by atoms with Crippen LogP contribution in [0, 0.1) is 0 Å². The standard InChI is InChI=1S/C18H24N4O2/c1-21-9-11-22(12-10-21)8-3-6-19-17(23)15-4-2-5-16(14-15)18-20-7-13-24-18/h2,4-5,7,13-14H,3,6,8-12H2,1H3,(H,19,23). The summed E-state index contributed by atoms with van der Waals surface area (Å²) in [6, 6.07) is 7.35. The molecular formula is C18H24N4O2. The highest BCUT2D eigenvalue weighted by atomic mass is 16.3. The van der Waals surface area contributed by atoms with Gasteiger partial charge in [-0.25, -0.2) is 4.98 Å². The van der Waals surface area contributed by atoms with Gasteiger partial charge in [0.1, 0.15) is 6.26 Å². The maximum Gasteiger partial charge on any atom is 0.251 e. The van der Waals surface area contributed by atoms with Gasteiger partial charge in [-0.1, -0.05) is 6.07 Å². The monoisotopic (exact) mass is 328 g/mol. The van der Waals surface area contributed by atoms with Crippen LogP contribution in [-0.2, 0) is 0 Å². The highest BCUT2D eigenvalue weighted by molar-refractivity contribution is 5.95. The van der Waals surface area contributed by atoms with E-state index >= 15 is 0 Å². The smallest absolute Gasteiger partial charge is 0.251 e. The van der Waals surface area contributed by atoms with Crippen LogP contribution in [0.25, 0.3) is 11.5 Å². The minimum atomic E-state index is -0.0539. The number of carbonyl (C=O) groups is 1. The van der Waals surface area contributed by atoms with Gasteiger partial charge in [0.05, 0.1) is 6.20 Å². The van der Waals surface area contributed by atoms with Crippen LogP contribution in [0.15, 0.2) is 41.1 Å². The third-order valence-electron chi connectivity index (χ3n) is 4.34. The van der Waals surface area contributed by atoms with Gasteiger partial charge >= 0.3 is 0 Å². The van der Waals surface area contributed by atoms with Gasteiger partial charge in [0.2, 0.25) is 5.89 Å². The number of likely N-dealkylation sites (N-methyl/N-ethyl adjacent to an activating group) is 1. The van der Waals surface area contributed by atoms with Crippen molar-refractivity contribution < 1.29 is 9.21 Å². The van der Waals surface area contributed by atoms with Crippen LogP contribution in [0.2, 0.25) is 0 Å². The first kappa shape index (κ1) is 16.7. The third-order valence-corrected chi connectivity index (χ3v) is 4.34. The molecule has 0 saturated carbocycles. The molecule has 3 rings (SSSR count). The number of hydrogen-bond donors (Lipinski definition) is 1. The molecule has 6 heteroatoms. The van der Waals surface area contributed by atoms with E-state index in [1.807, 2.05) is 24.3 Å².